The zero-order chi connectivity index (χ0) is 25.3. The predicted molar refractivity (Wildman–Crippen MR) is 129 cm³/mol. The van der Waals surface area contributed by atoms with E-state index in [1.807, 2.05) is 19.0 Å². The minimum atomic E-state index is -0.669. The van der Waals surface area contributed by atoms with Crippen molar-refractivity contribution in [2.24, 2.45) is 0 Å². The number of anilines is 1. The Hall–Kier alpha value is -3.16. The molecule has 0 aliphatic rings. The van der Waals surface area contributed by atoms with Crippen molar-refractivity contribution in [3.8, 4) is 17.6 Å². The van der Waals surface area contributed by atoms with E-state index in [0.717, 1.165) is 11.3 Å². The van der Waals surface area contributed by atoms with Crippen LogP contribution in [0.1, 0.15) is 48.1 Å². The Bertz CT molecular complexity index is 1070. The lowest BCUT2D eigenvalue weighted by atomic mass is 10.2. The van der Waals surface area contributed by atoms with Gasteiger partial charge in [-0.15, -0.1) is 11.3 Å². The lowest BCUT2D eigenvalue weighted by molar-refractivity contribution is 0.0589. The summed E-state index contributed by atoms with van der Waals surface area (Å²) in [7, 11) is 5.07. The fourth-order valence-corrected chi connectivity index (χ4v) is 3.61. The number of carbonyl (C=O) groups is 2. The van der Waals surface area contributed by atoms with Crippen LogP contribution in [0.15, 0.2) is 18.2 Å². The normalized spacial score (nSPS) is 10.9. The van der Waals surface area contributed by atoms with Gasteiger partial charge in [-0.3, -0.25) is 10.2 Å². The number of benzene rings is 1. The van der Waals surface area contributed by atoms with Gasteiger partial charge in [0.2, 0.25) is 0 Å². The highest BCUT2D eigenvalue weighted by Crippen LogP contribution is 2.26. The number of hydrogen-bond donors (Lipinski definition) is 1. The topological polar surface area (TPSA) is 90.0 Å². The van der Waals surface area contributed by atoms with E-state index in [0.29, 0.717) is 29.8 Å². The molecule has 0 aliphatic heterocycles. The first-order valence-electron chi connectivity index (χ1n) is 10.6. The van der Waals surface area contributed by atoms with Gasteiger partial charge in [-0.25, -0.2) is 19.0 Å². The summed E-state index contributed by atoms with van der Waals surface area (Å²) in [5.74, 6) is 4.89. The highest BCUT2D eigenvalue weighted by Gasteiger charge is 2.22. The molecule has 0 saturated heterocycles. The van der Waals surface area contributed by atoms with E-state index in [1.54, 1.807) is 32.9 Å². The molecule has 0 radical (unpaired) electrons. The third-order valence-electron chi connectivity index (χ3n) is 4.05. The quantitative estimate of drug-likeness (QED) is 0.334. The summed E-state index contributed by atoms with van der Waals surface area (Å²) in [4.78, 5) is 30.8. The molecule has 34 heavy (non-hydrogen) atoms. The van der Waals surface area contributed by atoms with E-state index >= 15 is 0 Å². The van der Waals surface area contributed by atoms with Gasteiger partial charge >= 0.3 is 12.1 Å². The number of aryl methyl sites for hydroxylation is 1. The Kier molecular flexibility index (Phi) is 9.83. The number of aromatic nitrogens is 1. The molecule has 184 valence electrons. The third kappa shape index (κ3) is 9.00. The van der Waals surface area contributed by atoms with E-state index in [-0.39, 0.29) is 23.2 Å². The van der Waals surface area contributed by atoms with Gasteiger partial charge in [-0.2, -0.15) is 0 Å². The molecule has 0 fully saturated rings. The number of thiazole rings is 1. The van der Waals surface area contributed by atoms with Crippen LogP contribution in [0.3, 0.4) is 0 Å². The largest absolute Gasteiger partial charge is 0.491 e. The maximum Gasteiger partial charge on any atom is 0.413 e. The summed E-state index contributed by atoms with van der Waals surface area (Å²) in [6.45, 7) is 6.04. The number of carbonyl (C=O) groups excluding carboxylic acids is 2. The molecule has 1 heterocycles. The van der Waals surface area contributed by atoms with Crippen molar-refractivity contribution in [1.29, 1.82) is 0 Å². The van der Waals surface area contributed by atoms with Gasteiger partial charge in [0.25, 0.3) is 0 Å². The minimum absolute atomic E-state index is 0.116. The van der Waals surface area contributed by atoms with Gasteiger partial charge in [-0.1, -0.05) is 11.8 Å². The smallest absolute Gasteiger partial charge is 0.413 e. The summed E-state index contributed by atoms with van der Waals surface area (Å²) in [5.41, 5.74) is 0.0216. The number of hydrogen-bond acceptors (Lipinski definition) is 8. The zero-order valence-electron chi connectivity index (χ0n) is 20.3. The van der Waals surface area contributed by atoms with Crippen molar-refractivity contribution in [3.63, 3.8) is 0 Å². The Balaban J connectivity index is 1.97. The minimum Gasteiger partial charge on any atom is -0.491 e. The number of methoxy groups -OCH3 is 1. The van der Waals surface area contributed by atoms with Gasteiger partial charge in [0, 0.05) is 10.4 Å². The first kappa shape index (κ1) is 27.1. The summed E-state index contributed by atoms with van der Waals surface area (Å²) < 4.78 is 29.9. The Labute approximate surface area is 203 Å². The maximum atomic E-state index is 14.3. The number of amides is 1. The van der Waals surface area contributed by atoms with Gasteiger partial charge in [0.1, 0.15) is 5.60 Å². The van der Waals surface area contributed by atoms with Crippen molar-refractivity contribution in [1.82, 2.24) is 9.88 Å². The molecule has 2 rings (SSSR count). The van der Waals surface area contributed by atoms with Crippen molar-refractivity contribution < 1.29 is 28.2 Å². The van der Waals surface area contributed by atoms with Crippen LogP contribution in [0, 0.1) is 17.7 Å². The fraction of sp³-hybridized carbons (Fsp3) is 0.458. The molecular formula is C24H30FN3O5S. The van der Waals surface area contributed by atoms with Crippen LogP contribution in [0.2, 0.25) is 0 Å². The average Bonchev–Trinajstić information content (AvgIpc) is 3.12. The highest BCUT2D eigenvalue weighted by atomic mass is 32.1. The van der Waals surface area contributed by atoms with Crippen LogP contribution in [0.25, 0.3) is 0 Å². The Morgan fingerprint density at radius 2 is 2.00 bits per heavy atom. The molecular weight excluding hydrogens is 461 g/mol. The van der Waals surface area contributed by atoms with Crippen LogP contribution in [0.5, 0.6) is 5.75 Å². The predicted octanol–water partition coefficient (Wildman–Crippen LogP) is 4.34. The van der Waals surface area contributed by atoms with Crippen LogP contribution in [-0.4, -0.2) is 61.9 Å². The molecule has 0 spiro atoms. The summed E-state index contributed by atoms with van der Waals surface area (Å²) in [5, 5.41) is 2.76. The number of ether oxygens (including phenoxy) is 3. The van der Waals surface area contributed by atoms with Crippen molar-refractivity contribution in [3.05, 3.63) is 40.2 Å². The van der Waals surface area contributed by atoms with Gasteiger partial charge < -0.3 is 14.2 Å². The molecule has 0 atom stereocenters. The van der Waals surface area contributed by atoms with Gasteiger partial charge in [-0.05, 0) is 65.9 Å². The van der Waals surface area contributed by atoms with Crippen molar-refractivity contribution >= 4 is 28.5 Å². The molecule has 2 aromatic rings. The third-order valence-corrected chi connectivity index (χ3v) is 5.08. The number of halogens is 1. The Morgan fingerprint density at radius 1 is 1.26 bits per heavy atom. The van der Waals surface area contributed by atoms with E-state index in [2.05, 4.69) is 22.1 Å². The molecule has 8 nitrogen and oxygen atoms in total. The second kappa shape index (κ2) is 12.3. The molecule has 0 bridgehead atoms. The summed E-state index contributed by atoms with van der Waals surface area (Å²) in [6, 6.07) is 4.59. The van der Waals surface area contributed by atoms with Crippen molar-refractivity contribution in [2.45, 2.75) is 39.2 Å². The van der Waals surface area contributed by atoms with Crippen LogP contribution < -0.4 is 10.1 Å². The molecule has 0 aliphatic carbocycles. The number of esters is 1. The second-order valence-electron chi connectivity index (χ2n) is 8.55. The second-order valence-corrected chi connectivity index (χ2v) is 9.63. The van der Waals surface area contributed by atoms with E-state index in [1.165, 1.54) is 13.2 Å². The van der Waals surface area contributed by atoms with Crippen LogP contribution in [-0.2, 0) is 15.9 Å². The number of nitrogens with zero attached hydrogens (tertiary/aromatic N) is 2. The summed E-state index contributed by atoms with van der Waals surface area (Å²) >= 11 is 1.15. The lowest BCUT2D eigenvalue weighted by Crippen LogP contribution is -2.27. The fourth-order valence-electron chi connectivity index (χ4n) is 2.63. The molecule has 1 amide bonds. The van der Waals surface area contributed by atoms with Crippen LogP contribution in [0.4, 0.5) is 14.3 Å². The SMILES string of the molecule is COC(=O)c1nc(NC(=O)OC(C)(C)C)sc1CCCOc1ccc(C#CCN(C)C)cc1F. The molecule has 0 saturated carbocycles. The summed E-state index contributed by atoms with van der Waals surface area (Å²) in [6.07, 6.45) is 0.244. The van der Waals surface area contributed by atoms with E-state index in [4.69, 9.17) is 14.2 Å². The van der Waals surface area contributed by atoms with Crippen molar-refractivity contribution in [2.75, 3.05) is 39.7 Å². The number of nitrogens with one attached hydrogen (secondary N) is 1. The molecule has 0 unspecified atom stereocenters. The first-order valence-corrected chi connectivity index (χ1v) is 11.4. The van der Waals surface area contributed by atoms with E-state index in [9.17, 15) is 14.0 Å². The van der Waals surface area contributed by atoms with Gasteiger partial charge in [0.05, 0.1) is 20.3 Å². The monoisotopic (exact) mass is 491 g/mol. The molecule has 10 heteroatoms. The molecule has 1 aromatic carbocycles. The average molecular weight is 492 g/mol. The number of rotatable bonds is 8. The lowest BCUT2D eigenvalue weighted by Gasteiger charge is -2.18. The highest BCUT2D eigenvalue weighted by molar-refractivity contribution is 7.16. The van der Waals surface area contributed by atoms with E-state index < -0.39 is 23.5 Å². The van der Waals surface area contributed by atoms with Gasteiger partial charge in [0.15, 0.2) is 22.4 Å². The standard InChI is InChI=1S/C24H30FN3O5S/c1-24(2,3)33-23(30)27-22-26-20(21(29)31-6)19(34-22)10-8-14-32-18-12-11-16(15-17(18)25)9-7-13-28(4)5/h11-12,15H,8,10,13-14H2,1-6H3,(H,26,27,30). The van der Waals surface area contributed by atoms with Crippen LogP contribution >= 0.6 is 11.3 Å². The zero-order valence-corrected chi connectivity index (χ0v) is 21.1. The molecule has 1 aromatic heterocycles. The maximum absolute atomic E-state index is 14.3. The first-order chi connectivity index (χ1) is 16.0. The Morgan fingerprint density at radius 3 is 2.62 bits per heavy atom. The molecule has 1 N–H and O–H groups in total.